The number of carbonyl (C=O) groups is 1. The molecular weight excluding hydrogens is 222 g/mol. The van der Waals surface area contributed by atoms with E-state index in [0.717, 1.165) is 0 Å². The molecule has 0 atom stereocenters. The van der Waals surface area contributed by atoms with Crippen LogP contribution in [0.1, 0.15) is 80.6 Å². The van der Waals surface area contributed by atoms with Crippen molar-refractivity contribution in [2.45, 2.75) is 80.6 Å². The molecule has 0 saturated carbocycles. The second-order valence-corrected chi connectivity index (χ2v) is 4.59. The lowest BCUT2D eigenvalue weighted by molar-refractivity contribution is -0.114. The van der Waals surface area contributed by atoms with Crippen LogP contribution in [0.15, 0.2) is 0 Å². The average Bonchev–Trinajstić information content (AvgIpc) is 2.32. The van der Waals surface area contributed by atoms with Gasteiger partial charge in [0.1, 0.15) is 5.78 Å². The zero-order valence-corrected chi connectivity index (χ0v) is 14.0. The summed E-state index contributed by atoms with van der Waals surface area (Å²) in [5.41, 5.74) is 0. The van der Waals surface area contributed by atoms with Gasteiger partial charge < -0.3 is 9.69 Å². The molecule has 0 N–H and O–H groups in total. The number of Topliss-reactive ketones (excluding diaryl/α,β-unsaturated/α-hetero) is 1. The molecule has 0 saturated heterocycles. The van der Waals surface area contributed by atoms with Crippen molar-refractivity contribution in [3.63, 3.8) is 0 Å². The van der Waals surface area contributed by atoms with Gasteiger partial charge in [0.05, 0.1) is 0 Å². The second-order valence-electron chi connectivity index (χ2n) is 4.59. The first-order valence-corrected chi connectivity index (χ1v) is 7.69. The first kappa shape index (κ1) is 22.8. The highest BCUT2D eigenvalue weighted by Gasteiger charge is 1.89. The van der Waals surface area contributed by atoms with E-state index >= 15 is 0 Å². The standard InChI is InChI=1S/C7H16.C6H15N.C3H6O/c1-3-5-7-6-4-2;1-4-7(5-2)6-3;1-3(2)4/h3-7H2,1-2H3;4-6H2,1-3H3;1-2H3. The number of hydrogen-bond acceptors (Lipinski definition) is 2. The first-order chi connectivity index (χ1) is 8.49. The summed E-state index contributed by atoms with van der Waals surface area (Å²) in [6.07, 6.45) is 7.01. The molecule has 2 nitrogen and oxygen atoms in total. The van der Waals surface area contributed by atoms with Gasteiger partial charge in [-0.3, -0.25) is 0 Å². The maximum absolute atomic E-state index is 9.44. The van der Waals surface area contributed by atoms with Crippen LogP contribution >= 0.6 is 0 Å². The topological polar surface area (TPSA) is 20.3 Å². The number of nitrogens with zero attached hydrogens (tertiary/aromatic N) is 1. The Kier molecular flexibility index (Phi) is 27.7. The van der Waals surface area contributed by atoms with E-state index < -0.39 is 0 Å². The van der Waals surface area contributed by atoms with Crippen molar-refractivity contribution in [1.82, 2.24) is 4.90 Å². The van der Waals surface area contributed by atoms with Crippen LogP contribution in [0, 0.1) is 0 Å². The Hall–Kier alpha value is -0.370. The fourth-order valence-electron chi connectivity index (χ4n) is 1.35. The van der Waals surface area contributed by atoms with Crippen molar-refractivity contribution < 1.29 is 4.79 Å². The molecule has 0 unspecified atom stereocenters. The molecule has 0 aromatic heterocycles. The molecule has 0 amide bonds. The fourth-order valence-corrected chi connectivity index (χ4v) is 1.35. The Bertz CT molecular complexity index is 129. The van der Waals surface area contributed by atoms with Crippen LogP contribution in [0.4, 0.5) is 0 Å². The van der Waals surface area contributed by atoms with Gasteiger partial charge in [0.2, 0.25) is 0 Å². The minimum atomic E-state index is 0.167. The van der Waals surface area contributed by atoms with Crippen molar-refractivity contribution in [3.8, 4) is 0 Å². The van der Waals surface area contributed by atoms with Gasteiger partial charge in [-0.2, -0.15) is 0 Å². The van der Waals surface area contributed by atoms with E-state index in [1.165, 1.54) is 65.6 Å². The smallest absolute Gasteiger partial charge is 0.126 e. The zero-order chi connectivity index (χ0) is 14.8. The second kappa shape index (κ2) is 21.9. The first-order valence-electron chi connectivity index (χ1n) is 7.69. The van der Waals surface area contributed by atoms with E-state index in [0.29, 0.717) is 0 Å². The largest absolute Gasteiger partial charge is 0.304 e. The maximum Gasteiger partial charge on any atom is 0.126 e. The predicted molar refractivity (Wildman–Crippen MR) is 84.3 cm³/mol. The summed E-state index contributed by atoms with van der Waals surface area (Å²) in [4.78, 5) is 11.8. The van der Waals surface area contributed by atoms with E-state index in [9.17, 15) is 4.79 Å². The van der Waals surface area contributed by atoms with Gasteiger partial charge in [0.15, 0.2) is 0 Å². The van der Waals surface area contributed by atoms with Crippen LogP contribution in [-0.4, -0.2) is 30.3 Å². The van der Waals surface area contributed by atoms with Crippen molar-refractivity contribution in [2.75, 3.05) is 19.6 Å². The van der Waals surface area contributed by atoms with E-state index in [-0.39, 0.29) is 5.78 Å². The summed E-state index contributed by atoms with van der Waals surface area (Å²) in [5, 5.41) is 0. The van der Waals surface area contributed by atoms with E-state index in [1.54, 1.807) is 0 Å². The van der Waals surface area contributed by atoms with Gasteiger partial charge in [0, 0.05) is 0 Å². The van der Waals surface area contributed by atoms with Gasteiger partial charge in [-0.05, 0) is 33.5 Å². The Morgan fingerprint density at radius 1 is 0.722 bits per heavy atom. The van der Waals surface area contributed by atoms with Gasteiger partial charge in [0.25, 0.3) is 0 Å². The maximum atomic E-state index is 9.44. The molecular formula is C16H37NO. The molecule has 0 heterocycles. The molecule has 0 fully saturated rings. The van der Waals surface area contributed by atoms with Crippen LogP contribution in [0.25, 0.3) is 0 Å². The third-order valence-corrected chi connectivity index (χ3v) is 2.55. The summed E-state index contributed by atoms with van der Waals surface area (Å²) in [7, 11) is 0. The highest BCUT2D eigenvalue weighted by atomic mass is 16.1. The summed E-state index contributed by atoms with van der Waals surface area (Å²) < 4.78 is 0. The normalized spacial score (nSPS) is 9.11. The minimum absolute atomic E-state index is 0.167. The number of unbranched alkanes of at least 4 members (excludes halogenated alkanes) is 4. The Morgan fingerprint density at radius 2 is 1.00 bits per heavy atom. The summed E-state index contributed by atoms with van der Waals surface area (Å²) in [6, 6.07) is 0. The summed E-state index contributed by atoms with van der Waals surface area (Å²) >= 11 is 0. The molecule has 0 aliphatic carbocycles. The summed E-state index contributed by atoms with van der Waals surface area (Å²) in [6.45, 7) is 17.7. The molecule has 0 spiro atoms. The molecule has 0 aliphatic heterocycles. The fraction of sp³-hybridized carbons (Fsp3) is 0.938. The van der Waals surface area contributed by atoms with Crippen LogP contribution in [-0.2, 0) is 4.79 Å². The third kappa shape index (κ3) is 36.1. The highest BCUT2D eigenvalue weighted by Crippen LogP contribution is 2.00. The lowest BCUT2D eigenvalue weighted by atomic mass is 10.2. The van der Waals surface area contributed by atoms with E-state index in [4.69, 9.17) is 0 Å². The van der Waals surface area contributed by atoms with Gasteiger partial charge in [-0.25, -0.2) is 0 Å². The number of hydrogen-bond donors (Lipinski definition) is 0. The van der Waals surface area contributed by atoms with Crippen molar-refractivity contribution in [2.24, 2.45) is 0 Å². The molecule has 2 heteroatoms. The Balaban J connectivity index is -0.000000196. The van der Waals surface area contributed by atoms with Crippen LogP contribution < -0.4 is 0 Å². The Morgan fingerprint density at radius 3 is 1.11 bits per heavy atom. The molecule has 0 aliphatic rings. The van der Waals surface area contributed by atoms with Crippen molar-refractivity contribution in [1.29, 1.82) is 0 Å². The molecule has 0 radical (unpaired) electrons. The number of rotatable bonds is 7. The lowest BCUT2D eigenvalue weighted by Crippen LogP contribution is -2.21. The molecule has 0 rings (SSSR count). The molecule has 0 bridgehead atoms. The summed E-state index contributed by atoms with van der Waals surface area (Å²) in [5.74, 6) is 0.167. The molecule has 0 aromatic carbocycles. The van der Waals surface area contributed by atoms with Crippen molar-refractivity contribution >= 4 is 5.78 Å². The van der Waals surface area contributed by atoms with Crippen molar-refractivity contribution in [3.05, 3.63) is 0 Å². The molecule has 0 aromatic rings. The molecule has 18 heavy (non-hydrogen) atoms. The molecule has 112 valence electrons. The van der Waals surface area contributed by atoms with Gasteiger partial charge in [-0.15, -0.1) is 0 Å². The number of carbonyl (C=O) groups excluding carboxylic acids is 1. The lowest BCUT2D eigenvalue weighted by Gasteiger charge is -2.13. The monoisotopic (exact) mass is 259 g/mol. The van der Waals surface area contributed by atoms with Crippen LogP contribution in [0.2, 0.25) is 0 Å². The van der Waals surface area contributed by atoms with E-state index in [1.807, 2.05) is 0 Å². The van der Waals surface area contributed by atoms with E-state index in [2.05, 4.69) is 39.5 Å². The SMILES string of the molecule is CC(C)=O.CCCCCCC.CCN(CC)CC. The van der Waals surface area contributed by atoms with Crippen LogP contribution in [0.5, 0.6) is 0 Å². The minimum Gasteiger partial charge on any atom is -0.304 e. The highest BCUT2D eigenvalue weighted by molar-refractivity contribution is 5.72. The van der Waals surface area contributed by atoms with Gasteiger partial charge in [-0.1, -0.05) is 66.7 Å². The van der Waals surface area contributed by atoms with Crippen LogP contribution in [0.3, 0.4) is 0 Å². The Labute approximate surface area is 116 Å². The quantitative estimate of drug-likeness (QED) is 0.605. The zero-order valence-electron chi connectivity index (χ0n) is 14.0. The average molecular weight is 259 g/mol. The third-order valence-electron chi connectivity index (χ3n) is 2.55. The van der Waals surface area contributed by atoms with Gasteiger partial charge >= 0.3 is 0 Å². The number of ketones is 1. The predicted octanol–water partition coefficient (Wildman–Crippen LogP) is 4.92.